The van der Waals surface area contributed by atoms with Gasteiger partial charge in [0.05, 0.1) is 21.4 Å². The maximum atomic E-state index is 15.0. The number of thiophene rings is 1. The molecule has 0 saturated heterocycles. The zero-order valence-electron chi connectivity index (χ0n) is 30.7. The molecule has 0 saturated carbocycles. The highest BCUT2D eigenvalue weighted by Crippen LogP contribution is 2.42. The van der Waals surface area contributed by atoms with Crippen molar-refractivity contribution in [1.82, 2.24) is 5.32 Å². The zero-order valence-corrected chi connectivity index (χ0v) is 33.1. The summed E-state index contributed by atoms with van der Waals surface area (Å²) in [6, 6.07) is 15.5. The number of hydrogen-bond donors (Lipinski definition) is 2. The van der Waals surface area contributed by atoms with E-state index in [1.54, 1.807) is 46.1 Å². The van der Waals surface area contributed by atoms with E-state index in [4.69, 9.17) is 14.9 Å². The highest BCUT2D eigenvalue weighted by Gasteiger charge is 2.42. The van der Waals surface area contributed by atoms with Gasteiger partial charge >= 0.3 is 12.1 Å². The second-order valence-corrected chi connectivity index (χ2v) is 17.0. The van der Waals surface area contributed by atoms with Gasteiger partial charge < -0.3 is 9.47 Å². The maximum absolute atomic E-state index is 15.0. The van der Waals surface area contributed by atoms with Crippen molar-refractivity contribution in [2.45, 2.75) is 108 Å². The third-order valence-corrected chi connectivity index (χ3v) is 12.2. The lowest BCUT2D eigenvalue weighted by atomic mass is 9.96. The fourth-order valence-corrected chi connectivity index (χ4v) is 9.65. The Morgan fingerprint density at radius 2 is 1.61 bits per heavy atom. The number of ether oxygens (including phenoxy) is 2. The van der Waals surface area contributed by atoms with Crippen molar-refractivity contribution in [1.29, 1.82) is 5.41 Å². The number of thioether (sulfide) groups is 1. The second-order valence-electron chi connectivity index (χ2n) is 13.1. The molecule has 10 nitrogen and oxygen atoms in total. The molecule has 13 heteroatoms. The van der Waals surface area contributed by atoms with E-state index >= 15 is 8.42 Å². The first-order chi connectivity index (χ1) is 24.2. The van der Waals surface area contributed by atoms with Crippen LogP contribution in [0.4, 0.5) is 10.5 Å². The molecule has 0 aliphatic rings. The fourth-order valence-electron chi connectivity index (χ4n) is 5.57. The van der Waals surface area contributed by atoms with Crippen molar-refractivity contribution >= 4 is 62.6 Å². The summed E-state index contributed by atoms with van der Waals surface area (Å²) in [5.74, 6) is -3.42. The number of unbranched alkanes of at least 4 members (excludes halogenated alkanes) is 6. The number of amides is 2. The molecule has 1 unspecified atom stereocenters. The number of carbonyl (C=O) groups is 3. The Morgan fingerprint density at radius 1 is 0.961 bits per heavy atom. The van der Waals surface area contributed by atoms with E-state index < -0.39 is 39.5 Å². The topological polar surface area (TPSA) is 143 Å². The van der Waals surface area contributed by atoms with Crippen molar-refractivity contribution in [3.8, 4) is 11.1 Å². The number of alkyl carbamates (subject to hydrolysis) is 1. The summed E-state index contributed by atoms with van der Waals surface area (Å²) in [5, 5.41) is 10.9. The summed E-state index contributed by atoms with van der Waals surface area (Å²) < 4.78 is 41.7. The molecule has 0 aliphatic carbocycles. The molecule has 0 radical (unpaired) electrons. The van der Waals surface area contributed by atoms with E-state index in [1.165, 1.54) is 6.07 Å². The van der Waals surface area contributed by atoms with Crippen LogP contribution < -0.4 is 9.62 Å². The molecule has 1 heterocycles. The van der Waals surface area contributed by atoms with Gasteiger partial charge in [0, 0.05) is 5.56 Å². The van der Waals surface area contributed by atoms with E-state index in [-0.39, 0.29) is 34.3 Å². The largest absolute Gasteiger partial charge is 0.465 e. The number of nitrogens with zero attached hydrogens (tertiary/aromatic N) is 1. The van der Waals surface area contributed by atoms with Crippen LogP contribution in [0.2, 0.25) is 0 Å². The van der Waals surface area contributed by atoms with Crippen molar-refractivity contribution in [2.24, 2.45) is 5.92 Å². The van der Waals surface area contributed by atoms with Gasteiger partial charge in [-0.25, -0.2) is 17.5 Å². The molecule has 0 bridgehead atoms. The van der Waals surface area contributed by atoms with Crippen LogP contribution in [0, 0.1) is 18.3 Å². The van der Waals surface area contributed by atoms with Gasteiger partial charge in [-0.05, 0) is 70.6 Å². The first-order valence-electron chi connectivity index (χ1n) is 17.3. The van der Waals surface area contributed by atoms with E-state index in [9.17, 15) is 14.4 Å². The highest BCUT2D eigenvalue weighted by atomic mass is 32.2. The number of sulfonamides is 1. The van der Waals surface area contributed by atoms with Crippen LogP contribution in [0.5, 0.6) is 0 Å². The summed E-state index contributed by atoms with van der Waals surface area (Å²) in [6.45, 7) is 10.7. The predicted molar refractivity (Wildman–Crippen MR) is 206 cm³/mol. The Hall–Kier alpha value is -3.68. The standard InChI is InChI=1S/C38H51N3O7S3/c1-8-10-11-12-13-14-18-23-28(35(43)47-9-2)34(42)41(29-24-19-20-26(3)32(29)27-21-16-15-17-22-27)51(45,46)31-25-30(50-36(31)49-7)33(39)40-37(44)48-38(4,5)6/h15-17,19-22,24-25,28H,8-14,18,23H2,1-7H3,(H2,39,40,44). The summed E-state index contributed by atoms with van der Waals surface area (Å²) >= 11 is 2.12. The minimum absolute atomic E-state index is 0.0311. The molecule has 3 rings (SSSR count). The number of anilines is 1. The summed E-state index contributed by atoms with van der Waals surface area (Å²) in [5.41, 5.74) is 1.23. The molecule has 51 heavy (non-hydrogen) atoms. The molecule has 1 aromatic heterocycles. The molecule has 0 fully saturated rings. The maximum Gasteiger partial charge on any atom is 0.413 e. The number of amidine groups is 1. The highest BCUT2D eigenvalue weighted by molar-refractivity contribution is 8.01. The van der Waals surface area contributed by atoms with E-state index in [0.29, 0.717) is 21.8 Å². The Balaban J connectivity index is 2.18. The summed E-state index contributed by atoms with van der Waals surface area (Å²) in [7, 11) is -4.73. The van der Waals surface area contributed by atoms with Gasteiger partial charge in [0.15, 0.2) is 0 Å². The van der Waals surface area contributed by atoms with Gasteiger partial charge in [-0.2, -0.15) is 0 Å². The molecule has 3 aromatic rings. The first-order valence-corrected chi connectivity index (χ1v) is 20.8. The molecule has 1 atom stereocenters. The third kappa shape index (κ3) is 11.4. The molecule has 2 N–H and O–H groups in total. The van der Waals surface area contributed by atoms with E-state index in [2.05, 4.69) is 12.2 Å². The van der Waals surface area contributed by atoms with Crippen LogP contribution in [-0.2, 0) is 29.1 Å². The number of nitrogens with one attached hydrogen (secondary N) is 2. The van der Waals surface area contributed by atoms with Gasteiger partial charge in [-0.3, -0.25) is 20.3 Å². The molecule has 2 aromatic carbocycles. The number of hydrogen-bond acceptors (Lipinski definition) is 10. The molecule has 2 amide bonds. The third-order valence-electron chi connectivity index (χ3n) is 7.94. The predicted octanol–water partition coefficient (Wildman–Crippen LogP) is 9.34. The van der Waals surface area contributed by atoms with Gasteiger partial charge in [0.2, 0.25) is 0 Å². The van der Waals surface area contributed by atoms with E-state index in [0.717, 1.165) is 71.5 Å². The van der Waals surface area contributed by atoms with Gasteiger partial charge in [0.1, 0.15) is 22.3 Å². The number of carbonyl (C=O) groups excluding carboxylic acids is 3. The summed E-state index contributed by atoms with van der Waals surface area (Å²) in [4.78, 5) is 40.7. The van der Waals surface area contributed by atoms with Gasteiger partial charge in [-0.15, -0.1) is 23.1 Å². The average Bonchev–Trinajstić information content (AvgIpc) is 3.52. The Kier molecular flexibility index (Phi) is 15.7. The van der Waals surface area contributed by atoms with Crippen LogP contribution >= 0.6 is 23.1 Å². The summed E-state index contributed by atoms with van der Waals surface area (Å²) in [6.07, 6.45) is 7.66. The minimum Gasteiger partial charge on any atom is -0.465 e. The smallest absolute Gasteiger partial charge is 0.413 e. The molecular weight excluding hydrogens is 707 g/mol. The molecule has 278 valence electrons. The lowest BCUT2D eigenvalue weighted by Gasteiger charge is -2.29. The lowest BCUT2D eigenvalue weighted by Crippen LogP contribution is -2.44. The SMILES string of the molecule is CCCCCCCCCC(C(=O)OCC)C(=O)N(c1cccc(C)c1-c1ccccc1)S(=O)(=O)c1cc(C(=N)NC(=O)OC(C)(C)C)sc1SC. The number of aryl methyl sites for hydroxylation is 1. The van der Waals surface area contributed by atoms with Crippen LogP contribution in [0.15, 0.2) is 63.7 Å². The van der Waals surface area contributed by atoms with Gasteiger partial charge in [0.25, 0.3) is 15.9 Å². The minimum atomic E-state index is -4.73. The zero-order chi connectivity index (χ0) is 37.8. The van der Waals surface area contributed by atoms with Crippen molar-refractivity contribution in [3.63, 3.8) is 0 Å². The van der Waals surface area contributed by atoms with Crippen molar-refractivity contribution in [3.05, 3.63) is 65.0 Å². The number of rotatable bonds is 17. The molecule has 0 spiro atoms. The van der Waals surface area contributed by atoms with Crippen LogP contribution in [0.1, 0.15) is 96.4 Å². The lowest BCUT2D eigenvalue weighted by molar-refractivity contribution is -0.151. The van der Waals surface area contributed by atoms with Crippen LogP contribution in [0.3, 0.4) is 0 Å². The van der Waals surface area contributed by atoms with Crippen LogP contribution in [0.25, 0.3) is 11.1 Å². The fraction of sp³-hybridized carbons (Fsp3) is 0.474. The molecule has 0 aliphatic heterocycles. The second kappa shape index (κ2) is 19.2. The van der Waals surface area contributed by atoms with Crippen molar-refractivity contribution < 1.29 is 32.3 Å². The number of benzene rings is 2. The Morgan fingerprint density at radius 3 is 2.22 bits per heavy atom. The van der Waals surface area contributed by atoms with Crippen LogP contribution in [-0.4, -0.2) is 50.7 Å². The normalized spacial score (nSPS) is 12.2. The number of esters is 1. The van der Waals surface area contributed by atoms with Gasteiger partial charge in [-0.1, -0.05) is 94.3 Å². The Bertz CT molecular complexity index is 1770. The molecular formula is C38H51N3O7S3. The average molecular weight is 758 g/mol. The first kappa shape index (κ1) is 41.7. The van der Waals surface area contributed by atoms with E-state index in [1.807, 2.05) is 43.3 Å². The quantitative estimate of drug-likeness (QED) is 0.0346. The monoisotopic (exact) mass is 757 g/mol. The van der Waals surface area contributed by atoms with Crippen molar-refractivity contribution in [2.75, 3.05) is 17.2 Å². The Labute approximate surface area is 311 Å².